The van der Waals surface area contributed by atoms with Crippen molar-refractivity contribution in [3.8, 4) is 11.8 Å². The average Bonchev–Trinajstić information content (AvgIpc) is 2.99. The molecule has 3 aromatic rings. The molecule has 2 aromatic carbocycles. The number of nitrogens with zero attached hydrogens (tertiary/aromatic N) is 2. The third-order valence-electron chi connectivity index (χ3n) is 3.36. The monoisotopic (exact) mass is 587 g/mol. The van der Waals surface area contributed by atoms with Gasteiger partial charge in [-0.2, -0.15) is 5.26 Å². The first-order valence-corrected chi connectivity index (χ1v) is 10.8. The van der Waals surface area contributed by atoms with E-state index in [1.807, 2.05) is 56.3 Å². The van der Waals surface area contributed by atoms with Crippen LogP contribution in [0.15, 0.2) is 46.5 Å². The number of nitriles is 1. The Morgan fingerprint density at radius 2 is 1.96 bits per heavy atom. The van der Waals surface area contributed by atoms with Gasteiger partial charge in [-0.05, 0) is 107 Å². The van der Waals surface area contributed by atoms with Crippen LogP contribution in [0.1, 0.15) is 19.4 Å². The highest BCUT2D eigenvalue weighted by molar-refractivity contribution is 14.1. The molecule has 1 aromatic heterocycles. The van der Waals surface area contributed by atoms with E-state index in [-0.39, 0.29) is 6.10 Å². The molecule has 0 bridgehead atoms. The zero-order valence-corrected chi connectivity index (χ0v) is 19.2. The molecule has 0 unspecified atom stereocenters. The number of allylic oxidation sites excluding steroid dienone is 1. The van der Waals surface area contributed by atoms with Gasteiger partial charge >= 0.3 is 0 Å². The lowest BCUT2D eigenvalue weighted by molar-refractivity contribution is 0.239. The number of imidazole rings is 1. The van der Waals surface area contributed by atoms with Gasteiger partial charge in [0.05, 0.1) is 29.2 Å². The van der Waals surface area contributed by atoms with Gasteiger partial charge in [0.25, 0.3) is 0 Å². The lowest BCUT2D eigenvalue weighted by atomic mass is 10.2. The van der Waals surface area contributed by atoms with Gasteiger partial charge in [0.1, 0.15) is 11.8 Å². The summed E-state index contributed by atoms with van der Waals surface area (Å²) < 4.78 is 7.93. The van der Waals surface area contributed by atoms with E-state index in [1.54, 1.807) is 0 Å². The maximum Gasteiger partial charge on any atom is 0.171 e. The number of halogens is 2. The number of aromatic nitrogens is 2. The minimum absolute atomic E-state index is 0.122. The SMILES string of the molecule is CC(C)Oc1c(I)cc(/C=C(\C#N)Sc2nc3ccccc3[nH]2)cc1I. The number of benzene rings is 2. The van der Waals surface area contributed by atoms with Crippen molar-refractivity contribution in [2.24, 2.45) is 0 Å². The summed E-state index contributed by atoms with van der Waals surface area (Å²) in [6, 6.07) is 14.1. The van der Waals surface area contributed by atoms with Gasteiger partial charge in [0.15, 0.2) is 5.16 Å². The molecule has 0 aliphatic heterocycles. The number of fused-ring (bicyclic) bond motifs is 1. The molecule has 0 radical (unpaired) electrons. The molecule has 0 saturated carbocycles. The van der Waals surface area contributed by atoms with E-state index < -0.39 is 0 Å². The fourth-order valence-corrected chi connectivity index (χ4v) is 5.15. The van der Waals surface area contributed by atoms with Crippen molar-refractivity contribution < 1.29 is 4.74 Å². The second-order valence-corrected chi connectivity index (χ2v) is 9.12. The predicted octanol–water partition coefficient (Wildman–Crippen LogP) is 6.22. The Morgan fingerprint density at radius 1 is 1.27 bits per heavy atom. The number of hydrogen-bond donors (Lipinski definition) is 1. The Hall–Kier alpha value is -1.25. The highest BCUT2D eigenvalue weighted by Gasteiger charge is 2.11. The Balaban J connectivity index is 1.88. The maximum atomic E-state index is 9.53. The topological polar surface area (TPSA) is 61.7 Å². The summed E-state index contributed by atoms with van der Waals surface area (Å²) in [7, 11) is 0. The molecule has 0 spiro atoms. The molecule has 0 aliphatic rings. The summed E-state index contributed by atoms with van der Waals surface area (Å²) in [6.45, 7) is 4.02. The standard InChI is InChI=1S/C19H15I2N3OS/c1-11(2)25-18-14(20)8-12(9-15(18)21)7-13(10-22)26-19-23-16-5-3-4-6-17(16)24-19/h3-9,11H,1-2H3,(H,23,24)/b13-7+. The molecule has 0 saturated heterocycles. The van der Waals surface area contributed by atoms with Crippen molar-refractivity contribution in [3.05, 3.63) is 54.0 Å². The quantitative estimate of drug-likeness (QED) is 0.219. The van der Waals surface area contributed by atoms with Crippen LogP contribution in [0.4, 0.5) is 0 Å². The average molecular weight is 587 g/mol. The Labute approximate surface area is 183 Å². The predicted molar refractivity (Wildman–Crippen MR) is 123 cm³/mol. The van der Waals surface area contributed by atoms with Crippen molar-refractivity contribution >= 4 is 74.1 Å². The molecule has 3 rings (SSSR count). The minimum Gasteiger partial charge on any atom is -0.489 e. The van der Waals surface area contributed by atoms with Gasteiger partial charge in [0.2, 0.25) is 0 Å². The molecule has 26 heavy (non-hydrogen) atoms. The zero-order chi connectivity index (χ0) is 18.7. The zero-order valence-electron chi connectivity index (χ0n) is 14.1. The Kier molecular flexibility index (Phi) is 6.47. The molecule has 132 valence electrons. The molecular weight excluding hydrogens is 572 g/mol. The van der Waals surface area contributed by atoms with Gasteiger partial charge in [-0.1, -0.05) is 12.1 Å². The molecule has 4 nitrogen and oxygen atoms in total. The molecule has 0 atom stereocenters. The highest BCUT2D eigenvalue weighted by atomic mass is 127. The molecular formula is C19H15I2N3OS. The number of para-hydroxylation sites is 2. The largest absolute Gasteiger partial charge is 0.489 e. The number of H-pyrrole nitrogens is 1. The number of thioether (sulfide) groups is 1. The number of ether oxygens (including phenoxy) is 1. The lowest BCUT2D eigenvalue weighted by Crippen LogP contribution is -2.08. The molecule has 0 aliphatic carbocycles. The van der Waals surface area contributed by atoms with E-state index in [2.05, 4.69) is 61.2 Å². The highest BCUT2D eigenvalue weighted by Crippen LogP contribution is 2.32. The van der Waals surface area contributed by atoms with Crippen LogP contribution in [0.25, 0.3) is 17.1 Å². The Bertz CT molecular complexity index is 965. The molecule has 0 amide bonds. The minimum atomic E-state index is 0.122. The van der Waals surface area contributed by atoms with E-state index in [0.29, 0.717) is 10.1 Å². The number of hydrogen-bond acceptors (Lipinski definition) is 4. The number of rotatable bonds is 5. The van der Waals surface area contributed by atoms with E-state index in [9.17, 15) is 5.26 Å². The summed E-state index contributed by atoms with van der Waals surface area (Å²) in [5, 5.41) is 10.2. The van der Waals surface area contributed by atoms with Gasteiger partial charge in [-0.15, -0.1) is 0 Å². The fourth-order valence-electron chi connectivity index (χ4n) is 2.33. The van der Waals surface area contributed by atoms with Crippen LogP contribution in [0.5, 0.6) is 5.75 Å². The van der Waals surface area contributed by atoms with Crippen molar-refractivity contribution in [2.75, 3.05) is 0 Å². The molecule has 1 N–H and O–H groups in total. The van der Waals surface area contributed by atoms with Crippen molar-refractivity contribution in [3.63, 3.8) is 0 Å². The van der Waals surface area contributed by atoms with Crippen LogP contribution >= 0.6 is 56.9 Å². The summed E-state index contributed by atoms with van der Waals surface area (Å²) in [5.74, 6) is 0.891. The first-order chi connectivity index (χ1) is 12.5. The van der Waals surface area contributed by atoms with Crippen LogP contribution < -0.4 is 4.74 Å². The van der Waals surface area contributed by atoms with E-state index >= 15 is 0 Å². The van der Waals surface area contributed by atoms with Crippen LogP contribution in [-0.4, -0.2) is 16.1 Å². The first kappa shape index (κ1) is 19.5. The van der Waals surface area contributed by atoms with Gasteiger partial charge in [-0.3, -0.25) is 0 Å². The van der Waals surface area contributed by atoms with Crippen molar-refractivity contribution in [2.45, 2.75) is 25.1 Å². The van der Waals surface area contributed by atoms with E-state index in [4.69, 9.17) is 4.74 Å². The van der Waals surface area contributed by atoms with Crippen LogP contribution in [0.3, 0.4) is 0 Å². The van der Waals surface area contributed by atoms with E-state index in [1.165, 1.54) is 11.8 Å². The normalized spacial score (nSPS) is 11.8. The van der Waals surface area contributed by atoms with Crippen LogP contribution in [-0.2, 0) is 0 Å². The van der Waals surface area contributed by atoms with Gasteiger partial charge in [0, 0.05) is 0 Å². The fraction of sp³-hybridized carbons (Fsp3) is 0.158. The van der Waals surface area contributed by atoms with Gasteiger partial charge < -0.3 is 9.72 Å². The smallest absolute Gasteiger partial charge is 0.171 e. The van der Waals surface area contributed by atoms with E-state index in [0.717, 1.165) is 29.5 Å². The van der Waals surface area contributed by atoms with Crippen LogP contribution in [0, 0.1) is 18.5 Å². The third kappa shape index (κ3) is 4.72. The van der Waals surface area contributed by atoms with Crippen molar-refractivity contribution in [1.29, 1.82) is 5.26 Å². The summed E-state index contributed by atoms with van der Waals surface area (Å²) in [5.41, 5.74) is 2.83. The molecule has 7 heteroatoms. The van der Waals surface area contributed by atoms with Gasteiger partial charge in [-0.25, -0.2) is 4.98 Å². The second kappa shape index (κ2) is 8.63. The molecule has 0 fully saturated rings. The van der Waals surface area contributed by atoms with Crippen molar-refractivity contribution in [1.82, 2.24) is 9.97 Å². The first-order valence-electron chi connectivity index (χ1n) is 7.86. The lowest BCUT2D eigenvalue weighted by Gasteiger charge is -2.14. The number of nitrogens with one attached hydrogen (secondary N) is 1. The summed E-state index contributed by atoms with van der Waals surface area (Å²) in [6.07, 6.45) is 2.00. The maximum absolute atomic E-state index is 9.53. The summed E-state index contributed by atoms with van der Waals surface area (Å²) in [4.78, 5) is 8.33. The summed E-state index contributed by atoms with van der Waals surface area (Å²) >= 11 is 5.87. The number of aromatic amines is 1. The second-order valence-electron chi connectivity index (χ2n) is 5.76. The molecule has 1 heterocycles. The third-order valence-corrected chi connectivity index (χ3v) is 5.77. The Morgan fingerprint density at radius 3 is 2.58 bits per heavy atom. The van der Waals surface area contributed by atoms with Crippen LogP contribution in [0.2, 0.25) is 0 Å².